The van der Waals surface area contributed by atoms with Gasteiger partial charge >= 0.3 is 12.0 Å². The Morgan fingerprint density at radius 2 is 1.95 bits per heavy atom. The van der Waals surface area contributed by atoms with Crippen LogP contribution in [0.3, 0.4) is 0 Å². The molecular weight excluding hydrogens is 272 g/mol. The van der Waals surface area contributed by atoms with Crippen molar-refractivity contribution in [2.24, 2.45) is 5.92 Å². The number of ether oxygens (including phenoxy) is 1. The number of urea groups is 1. The molecule has 0 aromatic carbocycles. The van der Waals surface area contributed by atoms with Crippen LogP contribution in [-0.4, -0.2) is 66.3 Å². The van der Waals surface area contributed by atoms with Crippen molar-refractivity contribution in [2.75, 3.05) is 33.4 Å². The van der Waals surface area contributed by atoms with Gasteiger partial charge < -0.3 is 19.6 Å². The molecule has 0 saturated heterocycles. The van der Waals surface area contributed by atoms with Crippen molar-refractivity contribution in [3.8, 4) is 0 Å². The SMILES string of the molecule is CC(C)N(CCCC(=O)O)C(=O)N(C)CCOCC1CC1. The Bertz CT molecular complexity index is 343. The van der Waals surface area contributed by atoms with Crippen molar-refractivity contribution in [3.05, 3.63) is 0 Å². The van der Waals surface area contributed by atoms with E-state index in [-0.39, 0.29) is 18.5 Å². The maximum Gasteiger partial charge on any atom is 0.320 e. The average Bonchev–Trinajstić information content (AvgIpc) is 3.22. The van der Waals surface area contributed by atoms with E-state index in [9.17, 15) is 9.59 Å². The van der Waals surface area contributed by atoms with Crippen molar-refractivity contribution >= 4 is 12.0 Å². The van der Waals surface area contributed by atoms with Crippen LogP contribution < -0.4 is 0 Å². The van der Waals surface area contributed by atoms with Crippen LogP contribution in [0.4, 0.5) is 4.79 Å². The fourth-order valence-corrected chi connectivity index (χ4v) is 2.03. The number of hydrogen-bond donors (Lipinski definition) is 1. The molecule has 6 heteroatoms. The second-order valence-electron chi connectivity index (χ2n) is 6.01. The molecule has 0 radical (unpaired) electrons. The second kappa shape index (κ2) is 8.87. The van der Waals surface area contributed by atoms with Gasteiger partial charge in [-0.25, -0.2) is 4.79 Å². The van der Waals surface area contributed by atoms with Gasteiger partial charge in [0.05, 0.1) is 6.61 Å². The maximum atomic E-state index is 12.3. The molecule has 0 aliphatic heterocycles. The number of rotatable bonds is 10. The van der Waals surface area contributed by atoms with E-state index in [1.54, 1.807) is 16.8 Å². The van der Waals surface area contributed by atoms with Crippen molar-refractivity contribution in [2.45, 2.75) is 45.6 Å². The lowest BCUT2D eigenvalue weighted by Crippen LogP contribution is -2.46. The fraction of sp³-hybridized carbons (Fsp3) is 0.867. The summed E-state index contributed by atoms with van der Waals surface area (Å²) in [5.41, 5.74) is 0. The minimum atomic E-state index is -0.826. The van der Waals surface area contributed by atoms with E-state index in [0.717, 1.165) is 12.5 Å². The van der Waals surface area contributed by atoms with Crippen LogP contribution >= 0.6 is 0 Å². The number of carboxylic acid groups (broad SMARTS) is 1. The zero-order chi connectivity index (χ0) is 15.8. The number of likely N-dealkylation sites (N-methyl/N-ethyl adjacent to an activating group) is 1. The third-order valence-electron chi connectivity index (χ3n) is 3.61. The van der Waals surface area contributed by atoms with Crippen molar-refractivity contribution in [3.63, 3.8) is 0 Å². The zero-order valence-electron chi connectivity index (χ0n) is 13.4. The molecule has 0 bridgehead atoms. The van der Waals surface area contributed by atoms with Gasteiger partial charge in [0, 0.05) is 39.2 Å². The van der Waals surface area contributed by atoms with Gasteiger partial charge in [0.25, 0.3) is 0 Å². The number of carboxylic acids is 1. The predicted octanol–water partition coefficient (Wildman–Crippen LogP) is 2.04. The summed E-state index contributed by atoms with van der Waals surface area (Å²) in [4.78, 5) is 26.3. The predicted molar refractivity (Wildman–Crippen MR) is 80.3 cm³/mol. The molecule has 1 fully saturated rings. The van der Waals surface area contributed by atoms with E-state index in [2.05, 4.69) is 0 Å². The van der Waals surface area contributed by atoms with E-state index in [4.69, 9.17) is 9.84 Å². The molecule has 21 heavy (non-hydrogen) atoms. The maximum absolute atomic E-state index is 12.3. The number of nitrogens with zero attached hydrogens (tertiary/aromatic N) is 2. The largest absolute Gasteiger partial charge is 0.481 e. The van der Waals surface area contributed by atoms with E-state index < -0.39 is 5.97 Å². The number of hydrogen-bond acceptors (Lipinski definition) is 3. The molecule has 0 unspecified atom stereocenters. The first-order valence-electron chi connectivity index (χ1n) is 7.73. The Kier molecular flexibility index (Phi) is 7.50. The third-order valence-corrected chi connectivity index (χ3v) is 3.61. The normalized spacial score (nSPS) is 14.3. The molecule has 1 saturated carbocycles. The molecule has 122 valence electrons. The van der Waals surface area contributed by atoms with Crippen LogP contribution in [0.2, 0.25) is 0 Å². The number of carbonyl (C=O) groups is 2. The van der Waals surface area contributed by atoms with E-state index in [0.29, 0.717) is 26.1 Å². The Morgan fingerprint density at radius 1 is 1.29 bits per heavy atom. The highest BCUT2D eigenvalue weighted by Crippen LogP contribution is 2.28. The third kappa shape index (κ3) is 7.32. The summed E-state index contributed by atoms with van der Waals surface area (Å²) in [5.74, 6) is -0.0952. The highest BCUT2D eigenvalue weighted by Gasteiger charge is 2.22. The molecule has 2 amide bonds. The topological polar surface area (TPSA) is 70.1 Å². The molecule has 1 aliphatic rings. The van der Waals surface area contributed by atoms with Crippen LogP contribution in [0.5, 0.6) is 0 Å². The van der Waals surface area contributed by atoms with Crippen LogP contribution in [0.1, 0.15) is 39.5 Å². The van der Waals surface area contributed by atoms with Crippen LogP contribution in [0.15, 0.2) is 0 Å². The molecule has 0 spiro atoms. The summed E-state index contributed by atoms with van der Waals surface area (Å²) in [6.07, 6.45) is 3.09. The minimum Gasteiger partial charge on any atom is -0.481 e. The van der Waals surface area contributed by atoms with Gasteiger partial charge in [-0.05, 0) is 39.0 Å². The lowest BCUT2D eigenvalue weighted by Gasteiger charge is -2.31. The lowest BCUT2D eigenvalue weighted by atomic mass is 10.2. The fourth-order valence-electron chi connectivity index (χ4n) is 2.03. The first kappa shape index (κ1) is 17.8. The van der Waals surface area contributed by atoms with Crippen LogP contribution in [-0.2, 0) is 9.53 Å². The van der Waals surface area contributed by atoms with Gasteiger partial charge in [-0.15, -0.1) is 0 Å². The second-order valence-corrected chi connectivity index (χ2v) is 6.01. The number of carbonyl (C=O) groups excluding carboxylic acids is 1. The van der Waals surface area contributed by atoms with Gasteiger partial charge in [-0.3, -0.25) is 4.79 Å². The Balaban J connectivity index is 2.29. The summed E-state index contributed by atoms with van der Waals surface area (Å²) >= 11 is 0. The first-order valence-corrected chi connectivity index (χ1v) is 7.73. The molecule has 1 rings (SSSR count). The van der Waals surface area contributed by atoms with Gasteiger partial charge in [0.15, 0.2) is 0 Å². The average molecular weight is 300 g/mol. The molecular formula is C15H28N2O4. The summed E-state index contributed by atoms with van der Waals surface area (Å²) < 4.78 is 5.54. The summed E-state index contributed by atoms with van der Waals surface area (Å²) in [7, 11) is 1.76. The van der Waals surface area contributed by atoms with Gasteiger partial charge in [0.2, 0.25) is 0 Å². The molecule has 0 aromatic heterocycles. The number of amides is 2. The smallest absolute Gasteiger partial charge is 0.320 e. The van der Waals surface area contributed by atoms with Crippen molar-refractivity contribution in [1.82, 2.24) is 9.80 Å². The summed E-state index contributed by atoms with van der Waals surface area (Å²) in [6, 6.07) is -0.00784. The summed E-state index contributed by atoms with van der Waals surface area (Å²) in [5, 5.41) is 8.68. The summed E-state index contributed by atoms with van der Waals surface area (Å²) in [6.45, 7) is 6.27. The van der Waals surface area contributed by atoms with Crippen molar-refractivity contribution in [1.29, 1.82) is 0 Å². The van der Waals surface area contributed by atoms with Crippen LogP contribution in [0.25, 0.3) is 0 Å². The molecule has 1 aliphatic carbocycles. The van der Waals surface area contributed by atoms with Gasteiger partial charge in [0.1, 0.15) is 0 Å². The molecule has 1 N–H and O–H groups in total. The van der Waals surface area contributed by atoms with E-state index >= 15 is 0 Å². The lowest BCUT2D eigenvalue weighted by molar-refractivity contribution is -0.137. The van der Waals surface area contributed by atoms with Crippen molar-refractivity contribution < 1.29 is 19.4 Å². The zero-order valence-corrected chi connectivity index (χ0v) is 13.4. The first-order chi connectivity index (χ1) is 9.91. The molecule has 0 aromatic rings. The van der Waals surface area contributed by atoms with E-state index in [1.807, 2.05) is 13.8 Å². The number of aliphatic carboxylic acids is 1. The van der Waals surface area contributed by atoms with Gasteiger partial charge in [-0.1, -0.05) is 0 Å². The standard InChI is InChI=1S/C15H28N2O4/c1-12(2)17(8-4-5-14(18)19)15(20)16(3)9-10-21-11-13-6-7-13/h12-13H,4-11H2,1-3H3,(H,18,19). The van der Waals surface area contributed by atoms with Gasteiger partial charge in [-0.2, -0.15) is 0 Å². The highest BCUT2D eigenvalue weighted by atomic mass is 16.5. The molecule has 0 heterocycles. The highest BCUT2D eigenvalue weighted by molar-refractivity contribution is 5.74. The Labute approximate surface area is 127 Å². The minimum absolute atomic E-state index is 0.0566. The van der Waals surface area contributed by atoms with Crippen LogP contribution in [0, 0.1) is 5.92 Å². The molecule has 6 nitrogen and oxygen atoms in total. The Hall–Kier alpha value is -1.30. The Morgan fingerprint density at radius 3 is 2.48 bits per heavy atom. The monoisotopic (exact) mass is 300 g/mol. The molecule has 0 atom stereocenters. The quantitative estimate of drug-likeness (QED) is 0.627. The van der Waals surface area contributed by atoms with E-state index in [1.165, 1.54) is 12.8 Å².